The fourth-order valence-electron chi connectivity index (χ4n) is 2.70. The standard InChI is InChI=1S/C15H32N4/c1-5-15(9-8-10-15)13-18-14(16-4)17-11-12-19(6-2)7-3/h5-13H2,1-4H3,(H2,16,17,18). The number of nitrogens with zero attached hydrogens (tertiary/aromatic N) is 2. The molecule has 2 N–H and O–H groups in total. The first-order chi connectivity index (χ1) is 9.19. The third kappa shape index (κ3) is 5.01. The van der Waals surface area contributed by atoms with Gasteiger partial charge in [0, 0.05) is 26.7 Å². The van der Waals surface area contributed by atoms with Crippen LogP contribution in [0, 0.1) is 5.41 Å². The van der Waals surface area contributed by atoms with Crippen molar-refractivity contribution in [1.29, 1.82) is 0 Å². The molecule has 112 valence electrons. The fraction of sp³-hybridized carbons (Fsp3) is 0.933. The largest absolute Gasteiger partial charge is 0.356 e. The first-order valence-corrected chi connectivity index (χ1v) is 7.86. The van der Waals surface area contributed by atoms with Gasteiger partial charge >= 0.3 is 0 Å². The van der Waals surface area contributed by atoms with Gasteiger partial charge in [-0.05, 0) is 37.8 Å². The lowest BCUT2D eigenvalue weighted by Crippen LogP contribution is -2.47. The molecule has 1 fully saturated rings. The van der Waals surface area contributed by atoms with Crippen LogP contribution in [0.1, 0.15) is 46.5 Å². The number of nitrogens with one attached hydrogen (secondary N) is 2. The second-order valence-corrected chi connectivity index (χ2v) is 5.59. The van der Waals surface area contributed by atoms with Gasteiger partial charge in [0.25, 0.3) is 0 Å². The monoisotopic (exact) mass is 268 g/mol. The quantitative estimate of drug-likeness (QED) is 0.523. The van der Waals surface area contributed by atoms with Crippen molar-refractivity contribution in [3.8, 4) is 0 Å². The topological polar surface area (TPSA) is 39.7 Å². The zero-order valence-corrected chi connectivity index (χ0v) is 13.3. The molecule has 0 aromatic rings. The molecule has 0 saturated heterocycles. The molecule has 19 heavy (non-hydrogen) atoms. The van der Waals surface area contributed by atoms with Crippen molar-refractivity contribution in [1.82, 2.24) is 15.5 Å². The molecule has 4 nitrogen and oxygen atoms in total. The van der Waals surface area contributed by atoms with E-state index in [1.807, 2.05) is 7.05 Å². The summed E-state index contributed by atoms with van der Waals surface area (Å²) >= 11 is 0. The van der Waals surface area contributed by atoms with Crippen LogP contribution >= 0.6 is 0 Å². The van der Waals surface area contributed by atoms with Gasteiger partial charge in [-0.3, -0.25) is 4.99 Å². The maximum absolute atomic E-state index is 4.31. The molecule has 0 bridgehead atoms. The van der Waals surface area contributed by atoms with Crippen molar-refractivity contribution in [2.24, 2.45) is 10.4 Å². The van der Waals surface area contributed by atoms with Crippen LogP contribution < -0.4 is 10.6 Å². The van der Waals surface area contributed by atoms with Gasteiger partial charge in [0.1, 0.15) is 0 Å². The van der Waals surface area contributed by atoms with Crippen molar-refractivity contribution >= 4 is 5.96 Å². The molecule has 4 heteroatoms. The zero-order valence-electron chi connectivity index (χ0n) is 13.3. The molecule has 0 aromatic carbocycles. The van der Waals surface area contributed by atoms with Crippen LogP contribution in [-0.4, -0.2) is 50.6 Å². The van der Waals surface area contributed by atoms with E-state index in [0.29, 0.717) is 5.41 Å². The first kappa shape index (κ1) is 16.3. The lowest BCUT2D eigenvalue weighted by molar-refractivity contribution is 0.131. The van der Waals surface area contributed by atoms with Crippen molar-refractivity contribution in [2.45, 2.75) is 46.5 Å². The first-order valence-electron chi connectivity index (χ1n) is 7.86. The van der Waals surface area contributed by atoms with E-state index in [1.165, 1.54) is 25.7 Å². The lowest BCUT2D eigenvalue weighted by Gasteiger charge is -2.41. The molecule has 0 atom stereocenters. The molecule has 1 rings (SSSR count). The van der Waals surface area contributed by atoms with E-state index in [4.69, 9.17) is 0 Å². The Hall–Kier alpha value is -0.770. The summed E-state index contributed by atoms with van der Waals surface area (Å²) in [5, 5.41) is 6.90. The van der Waals surface area contributed by atoms with Gasteiger partial charge in [0.15, 0.2) is 5.96 Å². The van der Waals surface area contributed by atoms with Crippen LogP contribution in [0.5, 0.6) is 0 Å². The van der Waals surface area contributed by atoms with Gasteiger partial charge in [0.05, 0.1) is 0 Å². The summed E-state index contributed by atoms with van der Waals surface area (Å²) in [6.45, 7) is 12.0. The highest BCUT2D eigenvalue weighted by Crippen LogP contribution is 2.42. The molecule has 0 aromatic heterocycles. The van der Waals surface area contributed by atoms with Crippen molar-refractivity contribution in [3.05, 3.63) is 0 Å². The predicted molar refractivity (Wildman–Crippen MR) is 83.7 cm³/mol. The van der Waals surface area contributed by atoms with E-state index in [9.17, 15) is 0 Å². The molecule has 0 unspecified atom stereocenters. The SMILES string of the molecule is CCN(CC)CCNC(=NC)NCC1(CC)CCC1. The summed E-state index contributed by atoms with van der Waals surface area (Å²) in [4.78, 5) is 6.72. The minimum absolute atomic E-state index is 0.538. The molecule has 1 saturated carbocycles. The molecule has 0 heterocycles. The highest BCUT2D eigenvalue weighted by atomic mass is 15.2. The van der Waals surface area contributed by atoms with E-state index >= 15 is 0 Å². The van der Waals surface area contributed by atoms with Gasteiger partial charge in [0.2, 0.25) is 0 Å². The highest BCUT2D eigenvalue weighted by Gasteiger charge is 2.34. The number of hydrogen-bond acceptors (Lipinski definition) is 2. The molecule has 0 amide bonds. The maximum atomic E-state index is 4.31. The van der Waals surface area contributed by atoms with Crippen LogP contribution in [-0.2, 0) is 0 Å². The minimum atomic E-state index is 0.538. The van der Waals surface area contributed by atoms with Gasteiger partial charge in [-0.25, -0.2) is 0 Å². The van der Waals surface area contributed by atoms with Gasteiger partial charge in [-0.15, -0.1) is 0 Å². The van der Waals surface area contributed by atoms with E-state index < -0.39 is 0 Å². The number of guanidine groups is 1. The lowest BCUT2D eigenvalue weighted by atomic mass is 9.67. The Labute approximate surface area is 119 Å². The van der Waals surface area contributed by atoms with Crippen LogP contribution in [0.4, 0.5) is 0 Å². The number of aliphatic imine (C=N–C) groups is 1. The normalized spacial score (nSPS) is 18.3. The Bertz CT molecular complexity index is 262. The second-order valence-electron chi connectivity index (χ2n) is 5.59. The number of likely N-dealkylation sites (N-methyl/N-ethyl adjacent to an activating group) is 1. The molecule has 0 spiro atoms. The number of hydrogen-bond donors (Lipinski definition) is 2. The summed E-state index contributed by atoms with van der Waals surface area (Å²) in [5.74, 6) is 0.951. The van der Waals surface area contributed by atoms with Crippen LogP contribution in [0.2, 0.25) is 0 Å². The third-order valence-electron chi connectivity index (χ3n) is 4.63. The summed E-state index contributed by atoms with van der Waals surface area (Å²) < 4.78 is 0. The Morgan fingerprint density at radius 1 is 1.16 bits per heavy atom. The summed E-state index contributed by atoms with van der Waals surface area (Å²) in [5.41, 5.74) is 0.538. The van der Waals surface area contributed by atoms with Gasteiger partial charge in [-0.1, -0.05) is 27.2 Å². The third-order valence-corrected chi connectivity index (χ3v) is 4.63. The van der Waals surface area contributed by atoms with E-state index in [1.54, 1.807) is 0 Å². The van der Waals surface area contributed by atoms with Crippen molar-refractivity contribution < 1.29 is 0 Å². The Morgan fingerprint density at radius 2 is 1.84 bits per heavy atom. The average molecular weight is 268 g/mol. The maximum Gasteiger partial charge on any atom is 0.191 e. The minimum Gasteiger partial charge on any atom is -0.356 e. The summed E-state index contributed by atoms with van der Waals surface area (Å²) in [6.07, 6.45) is 5.40. The molecule has 0 radical (unpaired) electrons. The van der Waals surface area contributed by atoms with E-state index in [-0.39, 0.29) is 0 Å². The average Bonchev–Trinajstić information content (AvgIpc) is 2.40. The predicted octanol–water partition coefficient (Wildman–Crippen LogP) is 2.07. The van der Waals surface area contributed by atoms with E-state index in [2.05, 4.69) is 41.3 Å². The Balaban J connectivity index is 2.23. The van der Waals surface area contributed by atoms with Gasteiger partial charge < -0.3 is 15.5 Å². The van der Waals surface area contributed by atoms with Crippen molar-refractivity contribution in [2.75, 3.05) is 39.8 Å². The Kier molecular flexibility index (Phi) is 7.21. The summed E-state index contributed by atoms with van der Waals surface area (Å²) in [7, 11) is 1.85. The van der Waals surface area contributed by atoms with Gasteiger partial charge in [-0.2, -0.15) is 0 Å². The second kappa shape index (κ2) is 8.41. The smallest absolute Gasteiger partial charge is 0.191 e. The van der Waals surface area contributed by atoms with Crippen LogP contribution in [0.3, 0.4) is 0 Å². The summed E-state index contributed by atoms with van der Waals surface area (Å²) in [6, 6.07) is 0. The Morgan fingerprint density at radius 3 is 2.26 bits per heavy atom. The fourth-order valence-corrected chi connectivity index (χ4v) is 2.70. The van der Waals surface area contributed by atoms with Crippen molar-refractivity contribution in [3.63, 3.8) is 0 Å². The highest BCUT2D eigenvalue weighted by molar-refractivity contribution is 5.79. The van der Waals surface area contributed by atoms with Crippen LogP contribution in [0.25, 0.3) is 0 Å². The van der Waals surface area contributed by atoms with Crippen LogP contribution in [0.15, 0.2) is 4.99 Å². The molecule has 0 aliphatic heterocycles. The molecular weight excluding hydrogens is 236 g/mol. The molecule has 1 aliphatic rings. The van der Waals surface area contributed by atoms with E-state index in [0.717, 1.165) is 38.7 Å². The molecule has 1 aliphatic carbocycles. The number of rotatable bonds is 8. The zero-order chi connectivity index (χ0) is 14.1. The molecular formula is C15H32N4.